The molecule has 0 saturated carbocycles. The van der Waals surface area contributed by atoms with Gasteiger partial charge in [0.05, 0.1) is 18.7 Å². The second kappa shape index (κ2) is 7.75. The summed E-state index contributed by atoms with van der Waals surface area (Å²) < 4.78 is 0.944. The lowest BCUT2D eigenvalue weighted by Gasteiger charge is -2.23. The summed E-state index contributed by atoms with van der Waals surface area (Å²) in [6.07, 6.45) is -0.332. The maximum atomic E-state index is 13.3. The fourth-order valence-corrected chi connectivity index (χ4v) is 3.97. The lowest BCUT2D eigenvalue weighted by molar-refractivity contribution is -0.136. The highest BCUT2D eigenvalue weighted by Gasteiger charge is 2.50. The van der Waals surface area contributed by atoms with Crippen molar-refractivity contribution in [3.63, 3.8) is 0 Å². The van der Waals surface area contributed by atoms with Crippen LogP contribution < -0.4 is 4.90 Å². The molecule has 0 radical (unpaired) electrons. The van der Waals surface area contributed by atoms with Crippen LogP contribution in [0.15, 0.2) is 77.3 Å². The van der Waals surface area contributed by atoms with Crippen molar-refractivity contribution in [1.82, 2.24) is 0 Å². The third-order valence-corrected chi connectivity index (χ3v) is 5.86. The van der Waals surface area contributed by atoms with E-state index in [0.29, 0.717) is 28.4 Å². The van der Waals surface area contributed by atoms with Gasteiger partial charge in [0, 0.05) is 20.6 Å². The van der Waals surface area contributed by atoms with Crippen molar-refractivity contribution >= 4 is 44.9 Å². The summed E-state index contributed by atoms with van der Waals surface area (Å²) in [4.78, 5) is 27.6. The number of halogens is 2. The van der Waals surface area contributed by atoms with E-state index in [0.717, 1.165) is 10.0 Å². The molecule has 4 nitrogen and oxygen atoms in total. The van der Waals surface area contributed by atoms with Crippen molar-refractivity contribution in [2.75, 3.05) is 4.90 Å². The molecule has 0 spiro atoms. The first kappa shape index (κ1) is 19.8. The van der Waals surface area contributed by atoms with Crippen LogP contribution in [0.4, 0.5) is 5.69 Å². The number of nitrogens with zero attached hydrogens (tertiary/aromatic N) is 1. The van der Waals surface area contributed by atoms with Gasteiger partial charge in [-0.05, 0) is 48.0 Å². The van der Waals surface area contributed by atoms with Crippen molar-refractivity contribution < 1.29 is 14.7 Å². The van der Waals surface area contributed by atoms with E-state index >= 15 is 0 Å². The molecule has 0 saturated heterocycles. The number of anilines is 1. The van der Waals surface area contributed by atoms with Crippen LogP contribution >= 0.6 is 27.5 Å². The number of benzene rings is 3. The molecule has 3 aromatic carbocycles. The number of Topliss-reactive ketones (excluding diaryl/α,β-unsaturated/α-hetero) is 1. The predicted molar refractivity (Wildman–Crippen MR) is 116 cm³/mol. The molecule has 6 heteroatoms. The highest BCUT2D eigenvalue weighted by Crippen LogP contribution is 2.43. The standard InChI is InChI=1S/C23H17BrClNO3/c24-17-9-5-15(6-10-17)14-26-20-4-2-1-3-19(20)23(29,22(26)28)13-21(27)16-7-11-18(25)12-8-16/h1-12,29H,13-14H2. The molecule has 1 atom stereocenters. The van der Waals surface area contributed by atoms with Crippen molar-refractivity contribution in [2.45, 2.75) is 18.6 Å². The zero-order valence-corrected chi connectivity index (χ0v) is 17.7. The Morgan fingerprint density at radius 2 is 1.66 bits per heavy atom. The Morgan fingerprint density at radius 3 is 2.34 bits per heavy atom. The van der Waals surface area contributed by atoms with Gasteiger partial charge in [-0.2, -0.15) is 0 Å². The Morgan fingerprint density at radius 1 is 1.00 bits per heavy atom. The molecule has 1 unspecified atom stereocenters. The zero-order valence-electron chi connectivity index (χ0n) is 15.3. The fraction of sp³-hybridized carbons (Fsp3) is 0.130. The van der Waals surface area contributed by atoms with Crippen LogP contribution in [0.25, 0.3) is 0 Å². The minimum Gasteiger partial charge on any atom is -0.375 e. The minimum atomic E-state index is -1.90. The minimum absolute atomic E-state index is 0.306. The molecule has 1 aliphatic rings. The molecule has 146 valence electrons. The normalized spacial score (nSPS) is 18.0. The first-order chi connectivity index (χ1) is 13.9. The highest BCUT2D eigenvalue weighted by atomic mass is 79.9. The van der Waals surface area contributed by atoms with Crippen LogP contribution in [0, 0.1) is 0 Å². The van der Waals surface area contributed by atoms with Gasteiger partial charge >= 0.3 is 0 Å². The number of fused-ring (bicyclic) bond motifs is 1. The summed E-state index contributed by atoms with van der Waals surface area (Å²) in [7, 11) is 0. The molecule has 1 heterocycles. The average Bonchev–Trinajstić information content (AvgIpc) is 2.92. The number of para-hydroxylation sites is 1. The number of carbonyl (C=O) groups excluding carboxylic acids is 2. The van der Waals surface area contributed by atoms with Gasteiger partial charge < -0.3 is 10.0 Å². The SMILES string of the molecule is O=C(CC1(O)C(=O)N(Cc2ccc(Br)cc2)c2ccccc21)c1ccc(Cl)cc1. The van der Waals surface area contributed by atoms with E-state index in [4.69, 9.17) is 11.6 Å². The third-order valence-electron chi connectivity index (χ3n) is 5.08. The summed E-state index contributed by atoms with van der Waals surface area (Å²) in [6, 6.07) is 21.1. The molecule has 1 aliphatic heterocycles. The van der Waals surface area contributed by atoms with Crippen molar-refractivity contribution in [3.05, 3.63) is 99.0 Å². The number of hydrogen-bond donors (Lipinski definition) is 1. The van der Waals surface area contributed by atoms with E-state index in [1.807, 2.05) is 30.3 Å². The number of aliphatic hydroxyl groups is 1. The first-order valence-electron chi connectivity index (χ1n) is 9.05. The average molecular weight is 471 g/mol. The predicted octanol–water partition coefficient (Wildman–Crippen LogP) is 5.11. The van der Waals surface area contributed by atoms with Crippen molar-refractivity contribution in [2.24, 2.45) is 0 Å². The molecule has 1 amide bonds. The van der Waals surface area contributed by atoms with Gasteiger partial charge in [0.1, 0.15) is 0 Å². The molecule has 1 N–H and O–H groups in total. The quantitative estimate of drug-likeness (QED) is 0.527. The number of hydrogen-bond acceptors (Lipinski definition) is 3. The van der Waals surface area contributed by atoms with Crippen LogP contribution in [-0.2, 0) is 16.9 Å². The van der Waals surface area contributed by atoms with Crippen molar-refractivity contribution in [3.8, 4) is 0 Å². The molecule has 29 heavy (non-hydrogen) atoms. The van der Waals surface area contributed by atoms with Gasteiger partial charge in [-0.15, -0.1) is 0 Å². The molecule has 0 aromatic heterocycles. The number of ketones is 1. The molecular weight excluding hydrogens is 454 g/mol. The summed E-state index contributed by atoms with van der Waals surface area (Å²) in [5.41, 5.74) is 0.489. The first-order valence-corrected chi connectivity index (χ1v) is 10.2. The Hall–Kier alpha value is -2.47. The van der Waals surface area contributed by atoms with Crippen molar-refractivity contribution in [1.29, 1.82) is 0 Å². The Bertz CT molecular complexity index is 1080. The molecule has 4 rings (SSSR count). The zero-order chi connectivity index (χ0) is 20.6. The number of rotatable bonds is 5. The molecule has 3 aromatic rings. The molecule has 0 aliphatic carbocycles. The van der Waals surface area contributed by atoms with Gasteiger partial charge in [0.25, 0.3) is 5.91 Å². The summed E-state index contributed by atoms with van der Waals surface area (Å²) in [5.74, 6) is -0.818. The topological polar surface area (TPSA) is 57.6 Å². The number of amides is 1. The lowest BCUT2D eigenvalue weighted by atomic mass is 9.88. The van der Waals surface area contributed by atoms with Crippen LogP contribution in [0.3, 0.4) is 0 Å². The van der Waals surface area contributed by atoms with Gasteiger partial charge in [0.2, 0.25) is 0 Å². The monoisotopic (exact) mass is 469 g/mol. The van der Waals surface area contributed by atoms with Gasteiger partial charge in [0.15, 0.2) is 11.4 Å². The third kappa shape index (κ3) is 3.73. The summed E-state index contributed by atoms with van der Waals surface area (Å²) in [6.45, 7) is 0.306. The molecule has 0 bridgehead atoms. The lowest BCUT2D eigenvalue weighted by Crippen LogP contribution is -2.41. The van der Waals surface area contributed by atoms with Gasteiger partial charge in [-0.25, -0.2) is 0 Å². The van der Waals surface area contributed by atoms with Gasteiger partial charge in [-0.3, -0.25) is 9.59 Å². The maximum Gasteiger partial charge on any atom is 0.264 e. The Balaban J connectivity index is 1.66. The summed E-state index contributed by atoms with van der Waals surface area (Å²) in [5, 5.41) is 11.9. The second-order valence-electron chi connectivity index (χ2n) is 7.00. The maximum absolute atomic E-state index is 13.3. The van der Waals surface area contributed by atoms with Crippen LogP contribution in [0.5, 0.6) is 0 Å². The van der Waals surface area contributed by atoms with E-state index in [1.165, 1.54) is 4.90 Å². The Labute approximate surface area is 181 Å². The second-order valence-corrected chi connectivity index (χ2v) is 8.35. The van der Waals surface area contributed by atoms with E-state index in [-0.39, 0.29) is 12.2 Å². The van der Waals surface area contributed by atoms with Crippen LogP contribution in [0.2, 0.25) is 5.02 Å². The molecule has 0 fully saturated rings. The highest BCUT2D eigenvalue weighted by molar-refractivity contribution is 9.10. The van der Waals surface area contributed by atoms with E-state index in [1.54, 1.807) is 42.5 Å². The van der Waals surface area contributed by atoms with E-state index in [9.17, 15) is 14.7 Å². The van der Waals surface area contributed by atoms with Crippen LogP contribution in [0.1, 0.15) is 27.9 Å². The summed E-state index contributed by atoms with van der Waals surface area (Å²) >= 11 is 9.29. The number of carbonyl (C=O) groups is 2. The molecular formula is C23H17BrClNO3. The van der Waals surface area contributed by atoms with E-state index in [2.05, 4.69) is 15.9 Å². The van der Waals surface area contributed by atoms with Crippen LogP contribution in [-0.4, -0.2) is 16.8 Å². The largest absolute Gasteiger partial charge is 0.375 e. The fourth-order valence-electron chi connectivity index (χ4n) is 3.58. The van der Waals surface area contributed by atoms with Gasteiger partial charge in [-0.1, -0.05) is 57.9 Å². The Kier molecular flexibility index (Phi) is 5.30. The smallest absolute Gasteiger partial charge is 0.264 e. The van der Waals surface area contributed by atoms with E-state index < -0.39 is 11.5 Å².